The number of rotatable bonds is 6. The molecule has 1 saturated heterocycles. The second-order valence-corrected chi connectivity index (χ2v) is 6.45. The van der Waals surface area contributed by atoms with Crippen LogP contribution in [-0.2, 0) is 11.2 Å². The van der Waals surface area contributed by atoms with Crippen molar-refractivity contribution in [2.24, 2.45) is 0 Å². The van der Waals surface area contributed by atoms with Gasteiger partial charge in [0, 0.05) is 51.0 Å². The number of hydrogen-bond acceptors (Lipinski definition) is 4. The van der Waals surface area contributed by atoms with Crippen molar-refractivity contribution in [2.75, 3.05) is 32.7 Å². The van der Waals surface area contributed by atoms with Gasteiger partial charge < -0.3 is 9.64 Å². The molecule has 0 saturated carbocycles. The Labute approximate surface area is 153 Å². The van der Waals surface area contributed by atoms with E-state index in [-0.39, 0.29) is 11.7 Å². The van der Waals surface area contributed by atoms with Crippen molar-refractivity contribution < 1.29 is 13.9 Å². The molecule has 6 heteroatoms. The molecule has 1 aromatic heterocycles. The highest BCUT2D eigenvalue weighted by molar-refractivity contribution is 5.81. The zero-order chi connectivity index (χ0) is 18.4. The van der Waals surface area contributed by atoms with Crippen LogP contribution in [0.2, 0.25) is 0 Å². The topological polar surface area (TPSA) is 45.7 Å². The number of amides is 1. The molecule has 0 aliphatic carbocycles. The minimum atomic E-state index is -0.583. The monoisotopic (exact) mass is 357 g/mol. The minimum Gasteiger partial charge on any atom is -0.481 e. The van der Waals surface area contributed by atoms with E-state index >= 15 is 0 Å². The van der Waals surface area contributed by atoms with E-state index in [1.54, 1.807) is 6.92 Å². The first-order valence-corrected chi connectivity index (χ1v) is 8.95. The number of nitrogens with zero attached hydrogens (tertiary/aromatic N) is 3. The normalized spacial score (nSPS) is 16.3. The molecular weight excluding hydrogens is 333 g/mol. The SMILES string of the molecule is C[C@@H](Oc1ccc(F)cc1)C(=O)N1CCN(CCc2ccccn2)CC1. The van der Waals surface area contributed by atoms with Crippen LogP contribution in [0.4, 0.5) is 4.39 Å². The zero-order valence-corrected chi connectivity index (χ0v) is 15.0. The minimum absolute atomic E-state index is 0.0290. The summed E-state index contributed by atoms with van der Waals surface area (Å²) in [6.07, 6.45) is 2.15. The number of halogens is 1. The predicted molar refractivity (Wildman–Crippen MR) is 97.5 cm³/mol. The van der Waals surface area contributed by atoms with Gasteiger partial charge in [0.1, 0.15) is 11.6 Å². The van der Waals surface area contributed by atoms with Crippen molar-refractivity contribution in [3.8, 4) is 5.75 Å². The van der Waals surface area contributed by atoms with Crippen LogP contribution < -0.4 is 4.74 Å². The van der Waals surface area contributed by atoms with Gasteiger partial charge in [-0.2, -0.15) is 0 Å². The van der Waals surface area contributed by atoms with Crippen LogP contribution in [0.5, 0.6) is 5.75 Å². The Morgan fingerprint density at radius 3 is 2.54 bits per heavy atom. The largest absolute Gasteiger partial charge is 0.481 e. The van der Waals surface area contributed by atoms with Crippen LogP contribution in [0.25, 0.3) is 0 Å². The molecule has 1 aliphatic rings. The Kier molecular flexibility index (Phi) is 6.17. The van der Waals surface area contributed by atoms with Crippen LogP contribution in [-0.4, -0.2) is 59.5 Å². The van der Waals surface area contributed by atoms with Crippen LogP contribution in [0.1, 0.15) is 12.6 Å². The van der Waals surface area contributed by atoms with Gasteiger partial charge >= 0.3 is 0 Å². The molecule has 26 heavy (non-hydrogen) atoms. The Balaban J connectivity index is 1.43. The molecule has 2 heterocycles. The highest BCUT2D eigenvalue weighted by atomic mass is 19.1. The summed E-state index contributed by atoms with van der Waals surface area (Å²) in [6.45, 7) is 5.76. The lowest BCUT2D eigenvalue weighted by molar-refractivity contribution is -0.139. The van der Waals surface area contributed by atoms with E-state index in [2.05, 4.69) is 9.88 Å². The molecule has 1 fully saturated rings. The first kappa shape index (κ1) is 18.3. The summed E-state index contributed by atoms with van der Waals surface area (Å²) in [6, 6.07) is 11.7. The van der Waals surface area contributed by atoms with Crippen molar-refractivity contribution in [1.82, 2.24) is 14.8 Å². The average Bonchev–Trinajstić information content (AvgIpc) is 2.69. The third-order valence-electron chi connectivity index (χ3n) is 4.57. The van der Waals surface area contributed by atoms with Gasteiger partial charge in [-0.05, 0) is 43.3 Å². The molecule has 138 valence electrons. The van der Waals surface area contributed by atoms with Crippen LogP contribution in [0, 0.1) is 5.82 Å². The van der Waals surface area contributed by atoms with Gasteiger partial charge in [0.25, 0.3) is 5.91 Å². The van der Waals surface area contributed by atoms with Crippen molar-refractivity contribution in [3.05, 3.63) is 60.2 Å². The summed E-state index contributed by atoms with van der Waals surface area (Å²) in [4.78, 5) is 21.1. The summed E-state index contributed by atoms with van der Waals surface area (Å²) in [5.74, 6) is 0.151. The first-order chi connectivity index (χ1) is 12.6. The van der Waals surface area contributed by atoms with E-state index in [4.69, 9.17) is 4.74 Å². The molecule has 0 unspecified atom stereocenters. The van der Waals surface area contributed by atoms with E-state index in [1.807, 2.05) is 29.3 Å². The fraction of sp³-hybridized carbons (Fsp3) is 0.400. The van der Waals surface area contributed by atoms with Crippen molar-refractivity contribution in [2.45, 2.75) is 19.4 Å². The second kappa shape index (κ2) is 8.76. The van der Waals surface area contributed by atoms with E-state index in [1.165, 1.54) is 24.3 Å². The van der Waals surface area contributed by atoms with E-state index in [0.29, 0.717) is 18.8 Å². The lowest BCUT2D eigenvalue weighted by atomic mass is 10.2. The second-order valence-electron chi connectivity index (χ2n) is 6.45. The molecule has 2 aromatic rings. The quantitative estimate of drug-likeness (QED) is 0.796. The molecule has 0 N–H and O–H groups in total. The molecule has 1 amide bonds. The Morgan fingerprint density at radius 1 is 1.15 bits per heavy atom. The molecule has 1 atom stereocenters. The molecule has 3 rings (SSSR count). The molecule has 0 spiro atoms. The van der Waals surface area contributed by atoms with Gasteiger partial charge in [-0.15, -0.1) is 0 Å². The Morgan fingerprint density at radius 2 is 1.88 bits per heavy atom. The van der Waals surface area contributed by atoms with Crippen LogP contribution in [0.15, 0.2) is 48.7 Å². The maximum absolute atomic E-state index is 12.9. The van der Waals surface area contributed by atoms with Gasteiger partial charge in [-0.25, -0.2) is 4.39 Å². The van der Waals surface area contributed by atoms with Gasteiger partial charge in [-0.1, -0.05) is 6.07 Å². The molecular formula is C20H24FN3O2. The third-order valence-corrected chi connectivity index (χ3v) is 4.57. The maximum Gasteiger partial charge on any atom is 0.263 e. The van der Waals surface area contributed by atoms with Gasteiger partial charge in [-0.3, -0.25) is 14.7 Å². The third kappa shape index (κ3) is 5.02. The van der Waals surface area contributed by atoms with E-state index in [0.717, 1.165) is 31.7 Å². The fourth-order valence-electron chi connectivity index (χ4n) is 3.04. The summed E-state index contributed by atoms with van der Waals surface area (Å²) in [5, 5.41) is 0. The first-order valence-electron chi connectivity index (χ1n) is 8.95. The average molecular weight is 357 g/mol. The fourth-order valence-corrected chi connectivity index (χ4v) is 3.04. The van der Waals surface area contributed by atoms with Gasteiger partial charge in [0.2, 0.25) is 0 Å². The summed E-state index contributed by atoms with van der Waals surface area (Å²) in [7, 11) is 0. The van der Waals surface area contributed by atoms with Crippen molar-refractivity contribution >= 4 is 5.91 Å². The van der Waals surface area contributed by atoms with E-state index in [9.17, 15) is 9.18 Å². The lowest BCUT2D eigenvalue weighted by Crippen LogP contribution is -2.52. The molecule has 5 nitrogen and oxygen atoms in total. The molecule has 1 aromatic carbocycles. The smallest absolute Gasteiger partial charge is 0.263 e. The van der Waals surface area contributed by atoms with Crippen molar-refractivity contribution in [3.63, 3.8) is 0 Å². The van der Waals surface area contributed by atoms with Crippen LogP contribution >= 0.6 is 0 Å². The number of carbonyl (C=O) groups is 1. The summed E-state index contributed by atoms with van der Waals surface area (Å²) >= 11 is 0. The van der Waals surface area contributed by atoms with Gasteiger partial charge in [0.05, 0.1) is 0 Å². The highest BCUT2D eigenvalue weighted by Gasteiger charge is 2.25. The Bertz CT molecular complexity index is 701. The Hall–Kier alpha value is -2.47. The van der Waals surface area contributed by atoms with Gasteiger partial charge in [0.15, 0.2) is 6.10 Å². The standard InChI is InChI=1S/C20H24FN3O2/c1-16(26-19-7-5-17(21)6-8-19)20(25)24-14-12-23(13-15-24)11-9-18-4-2-3-10-22-18/h2-8,10,16H,9,11-15H2,1H3/t16-/m1/s1. The number of benzene rings is 1. The molecule has 0 radical (unpaired) electrons. The number of ether oxygens (including phenoxy) is 1. The number of hydrogen-bond donors (Lipinski definition) is 0. The maximum atomic E-state index is 12.9. The number of pyridine rings is 1. The molecule has 0 bridgehead atoms. The summed E-state index contributed by atoms with van der Waals surface area (Å²) < 4.78 is 18.6. The summed E-state index contributed by atoms with van der Waals surface area (Å²) in [5.41, 5.74) is 1.09. The zero-order valence-electron chi connectivity index (χ0n) is 15.0. The number of aromatic nitrogens is 1. The lowest BCUT2D eigenvalue weighted by Gasteiger charge is -2.35. The number of piperazine rings is 1. The number of carbonyl (C=O) groups excluding carboxylic acids is 1. The highest BCUT2D eigenvalue weighted by Crippen LogP contribution is 2.15. The van der Waals surface area contributed by atoms with Crippen molar-refractivity contribution in [1.29, 1.82) is 0 Å². The van der Waals surface area contributed by atoms with Crippen LogP contribution in [0.3, 0.4) is 0 Å². The molecule has 1 aliphatic heterocycles. The predicted octanol–water partition coefficient (Wildman–Crippen LogP) is 2.37. The van der Waals surface area contributed by atoms with E-state index < -0.39 is 6.10 Å².